The predicted molar refractivity (Wildman–Crippen MR) is 83.0 cm³/mol. The van der Waals surface area contributed by atoms with Gasteiger partial charge in [-0.05, 0) is 33.1 Å². The number of carbonyl (C=O) groups excluding carboxylic acids is 2. The van der Waals surface area contributed by atoms with Crippen molar-refractivity contribution in [1.82, 2.24) is 4.90 Å². The Morgan fingerprint density at radius 2 is 1.71 bits per heavy atom. The van der Waals surface area contributed by atoms with Crippen molar-refractivity contribution < 1.29 is 19.1 Å². The zero-order valence-electron chi connectivity index (χ0n) is 14.2. The number of esters is 1. The van der Waals surface area contributed by atoms with Crippen molar-refractivity contribution in [3.8, 4) is 0 Å². The van der Waals surface area contributed by atoms with E-state index in [4.69, 9.17) is 4.74 Å². The van der Waals surface area contributed by atoms with Crippen molar-refractivity contribution in [3.05, 3.63) is 0 Å². The Balaban J connectivity index is 4.45. The van der Waals surface area contributed by atoms with Crippen LogP contribution in [0.25, 0.3) is 0 Å². The van der Waals surface area contributed by atoms with Crippen molar-refractivity contribution in [2.24, 2.45) is 5.92 Å². The van der Waals surface area contributed by atoms with Crippen LogP contribution in [0.3, 0.4) is 0 Å². The van der Waals surface area contributed by atoms with E-state index in [1.807, 2.05) is 27.7 Å². The van der Waals surface area contributed by atoms with Gasteiger partial charge in [0.1, 0.15) is 0 Å². The second-order valence-electron chi connectivity index (χ2n) is 5.44. The number of ether oxygens (including phenoxy) is 2. The lowest BCUT2D eigenvalue weighted by Gasteiger charge is -2.26. The topological polar surface area (TPSA) is 55.8 Å². The molecule has 124 valence electrons. The number of amides is 1. The van der Waals surface area contributed by atoms with Crippen molar-refractivity contribution in [1.29, 1.82) is 0 Å². The molecule has 0 aliphatic carbocycles. The van der Waals surface area contributed by atoms with Crippen LogP contribution in [0.15, 0.2) is 0 Å². The Hall–Kier alpha value is -1.10. The van der Waals surface area contributed by atoms with Crippen LogP contribution in [-0.4, -0.2) is 49.7 Å². The van der Waals surface area contributed by atoms with Crippen molar-refractivity contribution in [3.63, 3.8) is 0 Å². The van der Waals surface area contributed by atoms with E-state index in [2.05, 4.69) is 4.74 Å². The van der Waals surface area contributed by atoms with Gasteiger partial charge in [-0.2, -0.15) is 0 Å². The molecule has 0 aromatic heterocycles. The Bertz CT molecular complexity index is 301. The molecular weight excluding hydrogens is 270 g/mol. The minimum atomic E-state index is -0.282. The molecule has 0 bridgehead atoms. The van der Waals surface area contributed by atoms with E-state index in [1.165, 1.54) is 7.11 Å². The van der Waals surface area contributed by atoms with Gasteiger partial charge in [-0.15, -0.1) is 0 Å². The van der Waals surface area contributed by atoms with Crippen molar-refractivity contribution in [2.45, 2.75) is 59.5 Å². The first-order valence-electron chi connectivity index (χ1n) is 7.93. The van der Waals surface area contributed by atoms with Crippen LogP contribution >= 0.6 is 0 Å². The standard InChI is InChI=1S/C16H31NO4/c1-6-14(7-2)16(19)17(11-9-15(18)20-5)10-8-12-21-13(3)4/h13-14H,6-12H2,1-5H3. The molecule has 1 amide bonds. The average molecular weight is 301 g/mol. The highest BCUT2D eigenvalue weighted by molar-refractivity contribution is 5.79. The van der Waals surface area contributed by atoms with Crippen molar-refractivity contribution in [2.75, 3.05) is 26.8 Å². The molecule has 0 saturated heterocycles. The lowest BCUT2D eigenvalue weighted by Crippen LogP contribution is -2.38. The first kappa shape index (κ1) is 19.9. The molecular formula is C16H31NO4. The maximum atomic E-state index is 12.5. The first-order chi connectivity index (χ1) is 9.96. The quantitative estimate of drug-likeness (QED) is 0.435. The highest BCUT2D eigenvalue weighted by atomic mass is 16.5. The van der Waals surface area contributed by atoms with Crippen LogP contribution < -0.4 is 0 Å². The van der Waals surface area contributed by atoms with Crippen LogP contribution in [0, 0.1) is 5.92 Å². The molecule has 0 aliphatic rings. The van der Waals surface area contributed by atoms with Crippen LogP contribution in [0.2, 0.25) is 0 Å². The predicted octanol–water partition coefficient (Wildman–Crippen LogP) is 2.63. The van der Waals surface area contributed by atoms with Crippen molar-refractivity contribution >= 4 is 11.9 Å². The Kier molecular flexibility index (Phi) is 10.9. The summed E-state index contributed by atoms with van der Waals surface area (Å²) < 4.78 is 10.2. The monoisotopic (exact) mass is 301 g/mol. The zero-order valence-corrected chi connectivity index (χ0v) is 14.2. The van der Waals surface area contributed by atoms with Gasteiger partial charge in [0.25, 0.3) is 0 Å². The number of nitrogens with zero attached hydrogens (tertiary/aromatic N) is 1. The third-order valence-electron chi connectivity index (χ3n) is 3.48. The molecule has 0 aromatic rings. The lowest BCUT2D eigenvalue weighted by molar-refractivity contribution is -0.142. The Morgan fingerprint density at radius 3 is 2.19 bits per heavy atom. The van der Waals surface area contributed by atoms with Crippen LogP contribution in [-0.2, 0) is 19.1 Å². The largest absolute Gasteiger partial charge is 0.469 e. The van der Waals surface area contributed by atoms with Crippen LogP contribution in [0.4, 0.5) is 0 Å². The average Bonchev–Trinajstić information content (AvgIpc) is 2.46. The third-order valence-corrected chi connectivity index (χ3v) is 3.48. The maximum Gasteiger partial charge on any atom is 0.307 e. The summed E-state index contributed by atoms with van der Waals surface area (Å²) in [4.78, 5) is 25.5. The second kappa shape index (κ2) is 11.5. The molecule has 5 heteroatoms. The van der Waals surface area contributed by atoms with Gasteiger partial charge < -0.3 is 14.4 Å². The molecule has 0 rings (SSSR count). The molecule has 21 heavy (non-hydrogen) atoms. The maximum absolute atomic E-state index is 12.5. The fraction of sp³-hybridized carbons (Fsp3) is 0.875. The van der Waals surface area contributed by atoms with E-state index in [1.54, 1.807) is 4.90 Å². The van der Waals surface area contributed by atoms with Gasteiger partial charge in [-0.3, -0.25) is 9.59 Å². The summed E-state index contributed by atoms with van der Waals surface area (Å²) in [6.45, 7) is 9.69. The molecule has 0 aliphatic heterocycles. The summed E-state index contributed by atoms with van der Waals surface area (Å²) in [6.07, 6.45) is 2.88. The van der Waals surface area contributed by atoms with E-state index in [0.29, 0.717) is 19.7 Å². The summed E-state index contributed by atoms with van der Waals surface area (Å²) in [7, 11) is 1.37. The van der Waals surface area contributed by atoms with Gasteiger partial charge in [-0.25, -0.2) is 0 Å². The smallest absolute Gasteiger partial charge is 0.307 e. The first-order valence-corrected chi connectivity index (χ1v) is 7.93. The lowest BCUT2D eigenvalue weighted by atomic mass is 10.0. The molecule has 0 N–H and O–H groups in total. The fourth-order valence-corrected chi connectivity index (χ4v) is 2.13. The second-order valence-corrected chi connectivity index (χ2v) is 5.44. The SMILES string of the molecule is CCC(CC)C(=O)N(CCCOC(C)C)CCC(=O)OC. The van der Waals surface area contributed by atoms with E-state index >= 15 is 0 Å². The molecule has 0 fully saturated rings. The highest BCUT2D eigenvalue weighted by Gasteiger charge is 2.21. The van der Waals surface area contributed by atoms with Crippen LogP contribution in [0.5, 0.6) is 0 Å². The molecule has 0 aromatic carbocycles. The van der Waals surface area contributed by atoms with E-state index in [0.717, 1.165) is 19.3 Å². The molecule has 0 heterocycles. The normalized spacial score (nSPS) is 11.0. The zero-order chi connectivity index (χ0) is 16.3. The summed E-state index contributed by atoms with van der Waals surface area (Å²) in [5.41, 5.74) is 0. The van der Waals surface area contributed by atoms with E-state index in [-0.39, 0.29) is 30.3 Å². The molecule has 0 saturated carbocycles. The summed E-state index contributed by atoms with van der Waals surface area (Å²) >= 11 is 0. The van der Waals surface area contributed by atoms with E-state index in [9.17, 15) is 9.59 Å². The summed E-state index contributed by atoms with van der Waals surface area (Å²) in [5, 5.41) is 0. The molecule has 0 atom stereocenters. The van der Waals surface area contributed by atoms with Gasteiger partial charge in [0.05, 0.1) is 19.6 Å². The number of carbonyl (C=O) groups is 2. The fourth-order valence-electron chi connectivity index (χ4n) is 2.13. The molecule has 5 nitrogen and oxygen atoms in total. The Morgan fingerprint density at radius 1 is 1.10 bits per heavy atom. The third kappa shape index (κ3) is 8.71. The summed E-state index contributed by atoms with van der Waals surface area (Å²) in [5.74, 6) is -0.113. The molecule has 0 unspecified atom stereocenters. The van der Waals surface area contributed by atoms with Gasteiger partial charge >= 0.3 is 5.97 Å². The molecule has 0 radical (unpaired) electrons. The van der Waals surface area contributed by atoms with Gasteiger partial charge in [-0.1, -0.05) is 13.8 Å². The minimum Gasteiger partial charge on any atom is -0.469 e. The highest BCUT2D eigenvalue weighted by Crippen LogP contribution is 2.13. The molecule has 0 spiro atoms. The number of methoxy groups -OCH3 is 1. The minimum absolute atomic E-state index is 0.0358. The number of hydrogen-bond acceptors (Lipinski definition) is 4. The number of rotatable bonds is 11. The van der Waals surface area contributed by atoms with Crippen LogP contribution in [0.1, 0.15) is 53.4 Å². The number of hydrogen-bond donors (Lipinski definition) is 0. The Labute approximate surface area is 129 Å². The van der Waals surface area contributed by atoms with Gasteiger partial charge in [0.2, 0.25) is 5.91 Å². The van der Waals surface area contributed by atoms with Gasteiger partial charge in [0.15, 0.2) is 0 Å². The van der Waals surface area contributed by atoms with Gasteiger partial charge in [0, 0.05) is 25.6 Å². The summed E-state index contributed by atoms with van der Waals surface area (Å²) in [6, 6.07) is 0. The van der Waals surface area contributed by atoms with E-state index < -0.39 is 0 Å².